The fourth-order valence-electron chi connectivity index (χ4n) is 5.78. The van der Waals surface area contributed by atoms with E-state index in [-0.39, 0.29) is 0 Å². The second-order valence-electron chi connectivity index (χ2n) is 10.7. The molecular weight excluding hydrogens is 506 g/mol. The second kappa shape index (κ2) is 11.8. The van der Waals surface area contributed by atoms with Gasteiger partial charge in [0.2, 0.25) is 0 Å². The van der Waals surface area contributed by atoms with E-state index in [2.05, 4.69) is 80.9 Å². The molecule has 1 fully saturated rings. The maximum atomic E-state index is 4.94. The van der Waals surface area contributed by atoms with Gasteiger partial charge in [-0.1, -0.05) is 57.4 Å². The Bertz CT molecular complexity index is 1770. The zero-order valence-corrected chi connectivity index (χ0v) is 23.5. The molecular formula is C34H35N7. The van der Waals surface area contributed by atoms with Crippen LogP contribution >= 0.6 is 0 Å². The van der Waals surface area contributed by atoms with Gasteiger partial charge in [0.25, 0.3) is 0 Å². The van der Waals surface area contributed by atoms with Crippen LogP contribution in [0.3, 0.4) is 0 Å². The fourth-order valence-corrected chi connectivity index (χ4v) is 5.78. The molecule has 7 nitrogen and oxygen atoms in total. The predicted octanol–water partition coefficient (Wildman–Crippen LogP) is 8.11. The van der Waals surface area contributed by atoms with Crippen LogP contribution in [-0.2, 0) is 0 Å². The highest BCUT2D eigenvalue weighted by Gasteiger charge is 2.17. The van der Waals surface area contributed by atoms with E-state index in [1.807, 2.05) is 24.3 Å². The summed E-state index contributed by atoms with van der Waals surface area (Å²) in [5, 5.41) is 12.3. The SMILES string of the molecule is C=C/C(=C\C(=C/C)c1ccc2[nH]nc(-c3nc4c(-c5ccncc5)nccc4[nH]3)c2c1)NC(=C)CC1CCCCC1. The van der Waals surface area contributed by atoms with E-state index < -0.39 is 0 Å². The van der Waals surface area contributed by atoms with Crippen molar-refractivity contribution in [3.63, 3.8) is 0 Å². The van der Waals surface area contributed by atoms with Crippen LogP contribution in [0.25, 0.3) is 50.3 Å². The molecule has 0 amide bonds. The monoisotopic (exact) mass is 541 g/mol. The van der Waals surface area contributed by atoms with Gasteiger partial charge in [0.1, 0.15) is 11.2 Å². The second-order valence-corrected chi connectivity index (χ2v) is 10.7. The number of aromatic nitrogens is 6. The van der Waals surface area contributed by atoms with Crippen molar-refractivity contribution in [3.05, 3.63) is 103 Å². The molecule has 0 atom stereocenters. The zero-order chi connectivity index (χ0) is 28.2. The van der Waals surface area contributed by atoms with Gasteiger partial charge in [0, 0.05) is 40.9 Å². The van der Waals surface area contributed by atoms with Crippen molar-refractivity contribution < 1.29 is 0 Å². The Morgan fingerprint density at radius 2 is 1.85 bits per heavy atom. The van der Waals surface area contributed by atoms with Crippen molar-refractivity contribution in [2.75, 3.05) is 0 Å². The first-order valence-corrected chi connectivity index (χ1v) is 14.3. The van der Waals surface area contributed by atoms with Crippen molar-refractivity contribution >= 4 is 27.5 Å². The molecule has 0 spiro atoms. The lowest BCUT2D eigenvalue weighted by atomic mass is 9.86. The van der Waals surface area contributed by atoms with Crippen LogP contribution in [0.2, 0.25) is 0 Å². The largest absolute Gasteiger partial charge is 0.359 e. The van der Waals surface area contributed by atoms with Gasteiger partial charge >= 0.3 is 0 Å². The Hall–Kier alpha value is -4.78. The number of fused-ring (bicyclic) bond motifs is 2. The van der Waals surface area contributed by atoms with Gasteiger partial charge in [0.05, 0.1) is 16.7 Å². The molecule has 3 N–H and O–H groups in total. The fraction of sp³-hybridized carbons (Fsp3) is 0.235. The minimum atomic E-state index is 0.691. The Balaban J connectivity index is 1.30. The molecule has 0 bridgehead atoms. The Kier molecular flexibility index (Phi) is 7.58. The molecule has 0 radical (unpaired) electrons. The summed E-state index contributed by atoms with van der Waals surface area (Å²) in [5.74, 6) is 1.42. The van der Waals surface area contributed by atoms with Crippen LogP contribution in [0.4, 0.5) is 0 Å². The van der Waals surface area contributed by atoms with Gasteiger partial charge in [-0.25, -0.2) is 4.98 Å². The predicted molar refractivity (Wildman–Crippen MR) is 168 cm³/mol. The lowest BCUT2D eigenvalue weighted by molar-refractivity contribution is 0.353. The quantitative estimate of drug-likeness (QED) is 0.164. The van der Waals surface area contributed by atoms with E-state index in [0.29, 0.717) is 5.82 Å². The van der Waals surface area contributed by atoms with Gasteiger partial charge in [-0.2, -0.15) is 5.10 Å². The Labute approximate surface area is 240 Å². The molecule has 206 valence electrons. The molecule has 7 heteroatoms. The number of hydrogen-bond acceptors (Lipinski definition) is 5. The number of benzene rings is 1. The number of H-pyrrole nitrogens is 2. The Morgan fingerprint density at radius 3 is 2.63 bits per heavy atom. The van der Waals surface area contributed by atoms with Gasteiger partial charge in [-0.05, 0) is 72.9 Å². The van der Waals surface area contributed by atoms with Crippen LogP contribution in [0.5, 0.6) is 0 Å². The molecule has 1 aliphatic carbocycles. The standard InChI is InChI=1S/C34H35N7/c1-4-24(20-27(5-2)37-22(3)19-23-9-7-6-8-10-23)26-11-12-29-28(21-26)32(41-40-29)34-38-30-15-18-36-31(33(30)39-34)25-13-16-35-17-14-25/h4-5,11-18,20-21,23,37H,2-3,6-10,19H2,1H3,(H,38,39)(H,40,41)/b24-4+,27-20+. The molecule has 0 unspecified atom stereocenters. The first-order chi connectivity index (χ1) is 20.1. The molecule has 4 heterocycles. The van der Waals surface area contributed by atoms with Crippen molar-refractivity contribution in [2.24, 2.45) is 5.92 Å². The summed E-state index contributed by atoms with van der Waals surface area (Å²) in [6.07, 6.45) is 19.1. The first-order valence-electron chi connectivity index (χ1n) is 14.3. The maximum Gasteiger partial charge on any atom is 0.159 e. The number of hydrogen-bond donors (Lipinski definition) is 3. The summed E-state index contributed by atoms with van der Waals surface area (Å²) in [4.78, 5) is 17.1. The van der Waals surface area contributed by atoms with E-state index >= 15 is 0 Å². The number of nitrogens with zero attached hydrogens (tertiary/aromatic N) is 4. The zero-order valence-electron chi connectivity index (χ0n) is 23.5. The molecule has 1 saturated carbocycles. The topological polar surface area (TPSA) is 95.2 Å². The number of allylic oxidation sites excluding steroid dienone is 5. The molecule has 6 rings (SSSR count). The number of aromatic amines is 2. The van der Waals surface area contributed by atoms with Gasteiger partial charge < -0.3 is 10.3 Å². The third kappa shape index (κ3) is 5.61. The van der Waals surface area contributed by atoms with E-state index in [1.165, 1.54) is 32.1 Å². The summed E-state index contributed by atoms with van der Waals surface area (Å²) < 4.78 is 0. The molecule has 0 aliphatic heterocycles. The van der Waals surface area contributed by atoms with Gasteiger partial charge in [-0.3, -0.25) is 15.1 Å². The van der Waals surface area contributed by atoms with Crippen LogP contribution < -0.4 is 5.32 Å². The van der Waals surface area contributed by atoms with Crippen molar-refractivity contribution in [2.45, 2.75) is 45.4 Å². The van der Waals surface area contributed by atoms with Crippen molar-refractivity contribution in [1.82, 2.24) is 35.5 Å². The van der Waals surface area contributed by atoms with Crippen LogP contribution in [-0.4, -0.2) is 30.1 Å². The average Bonchev–Trinajstić information content (AvgIpc) is 3.64. The highest BCUT2D eigenvalue weighted by molar-refractivity contribution is 5.97. The van der Waals surface area contributed by atoms with Crippen LogP contribution in [0.15, 0.2) is 97.8 Å². The number of pyridine rings is 2. The summed E-state index contributed by atoms with van der Waals surface area (Å²) in [6, 6.07) is 12.1. The minimum Gasteiger partial charge on any atom is -0.359 e. The first kappa shape index (κ1) is 26.4. The summed E-state index contributed by atoms with van der Waals surface area (Å²) in [5.41, 5.74) is 9.35. The van der Waals surface area contributed by atoms with E-state index in [1.54, 1.807) is 18.6 Å². The van der Waals surface area contributed by atoms with Gasteiger partial charge in [0.15, 0.2) is 5.82 Å². The summed E-state index contributed by atoms with van der Waals surface area (Å²) >= 11 is 0. The third-order valence-corrected chi connectivity index (χ3v) is 7.90. The maximum absolute atomic E-state index is 4.94. The average molecular weight is 542 g/mol. The summed E-state index contributed by atoms with van der Waals surface area (Å²) in [7, 11) is 0. The van der Waals surface area contributed by atoms with Crippen molar-refractivity contribution in [3.8, 4) is 22.8 Å². The highest BCUT2D eigenvalue weighted by atomic mass is 15.1. The van der Waals surface area contributed by atoms with Crippen LogP contribution in [0.1, 0.15) is 51.0 Å². The van der Waals surface area contributed by atoms with E-state index in [4.69, 9.17) is 4.98 Å². The third-order valence-electron chi connectivity index (χ3n) is 7.90. The molecule has 1 aliphatic rings. The highest BCUT2D eigenvalue weighted by Crippen LogP contribution is 2.32. The molecule has 5 aromatic rings. The van der Waals surface area contributed by atoms with Gasteiger partial charge in [-0.15, -0.1) is 0 Å². The van der Waals surface area contributed by atoms with Crippen molar-refractivity contribution in [1.29, 1.82) is 0 Å². The molecule has 0 saturated heterocycles. The normalized spacial score (nSPS) is 15.0. The lowest BCUT2D eigenvalue weighted by Crippen LogP contribution is -2.15. The molecule has 4 aromatic heterocycles. The lowest BCUT2D eigenvalue weighted by Gasteiger charge is -2.23. The minimum absolute atomic E-state index is 0.691. The number of nitrogens with one attached hydrogen (secondary N) is 3. The number of rotatable bonds is 9. The summed E-state index contributed by atoms with van der Waals surface area (Å²) in [6.45, 7) is 10.4. The molecule has 1 aromatic carbocycles. The van der Waals surface area contributed by atoms with Crippen LogP contribution in [0, 0.1) is 5.92 Å². The van der Waals surface area contributed by atoms with E-state index in [9.17, 15) is 0 Å². The number of imidazole rings is 1. The molecule has 41 heavy (non-hydrogen) atoms. The van der Waals surface area contributed by atoms with E-state index in [0.717, 1.165) is 73.8 Å². The smallest absolute Gasteiger partial charge is 0.159 e. The Morgan fingerprint density at radius 1 is 1.02 bits per heavy atom.